The summed E-state index contributed by atoms with van der Waals surface area (Å²) in [5.74, 6) is 0.746. The van der Waals surface area contributed by atoms with Gasteiger partial charge in [-0.2, -0.15) is 0 Å². The SMILES string of the molecule is COc1cccc(NC(=O)CSc2nnc3c4sc5nc(-c6ccccc6)c6c(c5c4ncn23)CCC6)c1. The number of benzene rings is 2. The molecule has 38 heavy (non-hydrogen) atoms. The molecule has 0 radical (unpaired) electrons. The number of aryl methyl sites for hydroxylation is 1. The van der Waals surface area contributed by atoms with E-state index in [1.54, 1.807) is 30.8 Å². The highest BCUT2D eigenvalue weighted by Crippen LogP contribution is 2.42. The quantitative estimate of drug-likeness (QED) is 0.269. The second kappa shape index (κ2) is 9.38. The summed E-state index contributed by atoms with van der Waals surface area (Å²) in [7, 11) is 1.60. The fourth-order valence-electron chi connectivity index (χ4n) is 5.10. The van der Waals surface area contributed by atoms with E-state index in [0.29, 0.717) is 16.6 Å². The lowest BCUT2D eigenvalue weighted by molar-refractivity contribution is -0.113. The molecule has 188 valence electrons. The molecule has 0 bridgehead atoms. The number of ether oxygens (including phenoxy) is 1. The van der Waals surface area contributed by atoms with Gasteiger partial charge in [0.1, 0.15) is 21.6 Å². The Balaban J connectivity index is 1.23. The fourth-order valence-corrected chi connectivity index (χ4v) is 6.94. The molecule has 1 N–H and O–H groups in total. The van der Waals surface area contributed by atoms with Crippen molar-refractivity contribution in [2.45, 2.75) is 24.4 Å². The normalized spacial score (nSPS) is 12.9. The molecule has 0 aliphatic heterocycles. The topological polar surface area (TPSA) is 94.3 Å². The van der Waals surface area contributed by atoms with Crippen LogP contribution >= 0.6 is 23.1 Å². The van der Waals surface area contributed by atoms with E-state index < -0.39 is 0 Å². The fraction of sp³-hybridized carbons (Fsp3) is 0.179. The minimum atomic E-state index is -0.135. The van der Waals surface area contributed by atoms with Crippen molar-refractivity contribution in [3.8, 4) is 17.0 Å². The molecule has 4 aromatic heterocycles. The van der Waals surface area contributed by atoms with Crippen LogP contribution in [0.5, 0.6) is 5.75 Å². The molecule has 2 aromatic carbocycles. The Morgan fingerprint density at radius 1 is 1.11 bits per heavy atom. The van der Waals surface area contributed by atoms with Gasteiger partial charge in [-0.15, -0.1) is 21.5 Å². The lowest BCUT2D eigenvalue weighted by Gasteiger charge is -2.09. The zero-order valence-corrected chi connectivity index (χ0v) is 22.1. The molecular formula is C28H22N6O2S2. The van der Waals surface area contributed by atoms with Gasteiger partial charge in [0.25, 0.3) is 0 Å². The molecule has 6 aromatic rings. The summed E-state index contributed by atoms with van der Waals surface area (Å²) in [4.78, 5) is 23.5. The third-order valence-electron chi connectivity index (χ3n) is 6.79. The molecule has 7 rings (SSSR count). The summed E-state index contributed by atoms with van der Waals surface area (Å²) >= 11 is 2.94. The zero-order chi connectivity index (χ0) is 25.6. The highest BCUT2D eigenvalue weighted by atomic mass is 32.2. The van der Waals surface area contributed by atoms with Crippen LogP contribution in [0.15, 0.2) is 66.1 Å². The monoisotopic (exact) mass is 538 g/mol. The van der Waals surface area contributed by atoms with Crippen LogP contribution in [0.1, 0.15) is 17.5 Å². The highest BCUT2D eigenvalue weighted by Gasteiger charge is 2.25. The van der Waals surface area contributed by atoms with E-state index in [9.17, 15) is 4.79 Å². The van der Waals surface area contributed by atoms with Crippen molar-refractivity contribution in [3.63, 3.8) is 0 Å². The number of hydrogen-bond acceptors (Lipinski definition) is 8. The summed E-state index contributed by atoms with van der Waals surface area (Å²) in [6.07, 6.45) is 4.95. The first-order chi connectivity index (χ1) is 18.7. The van der Waals surface area contributed by atoms with Crippen molar-refractivity contribution < 1.29 is 9.53 Å². The number of aromatic nitrogens is 5. The van der Waals surface area contributed by atoms with Gasteiger partial charge < -0.3 is 10.1 Å². The molecule has 4 heterocycles. The van der Waals surface area contributed by atoms with Crippen LogP contribution in [-0.4, -0.2) is 43.3 Å². The number of nitrogens with zero attached hydrogens (tertiary/aromatic N) is 5. The number of rotatable bonds is 6. The smallest absolute Gasteiger partial charge is 0.234 e. The Bertz CT molecular complexity index is 1850. The Labute approximate surface area is 226 Å². The maximum Gasteiger partial charge on any atom is 0.234 e. The van der Waals surface area contributed by atoms with E-state index >= 15 is 0 Å². The molecule has 1 aliphatic carbocycles. The number of carbonyl (C=O) groups excluding carboxylic acids is 1. The average Bonchev–Trinajstić information content (AvgIpc) is 3.68. The number of pyridine rings is 1. The summed E-state index contributed by atoms with van der Waals surface area (Å²) < 4.78 is 8.05. The minimum Gasteiger partial charge on any atom is -0.497 e. The number of thiophene rings is 1. The van der Waals surface area contributed by atoms with Gasteiger partial charge in [-0.25, -0.2) is 9.97 Å². The number of anilines is 1. The van der Waals surface area contributed by atoms with Gasteiger partial charge >= 0.3 is 0 Å². The van der Waals surface area contributed by atoms with Crippen molar-refractivity contribution in [2.75, 3.05) is 18.2 Å². The second-order valence-corrected chi connectivity index (χ2v) is 11.0. The number of fused-ring (bicyclic) bond motifs is 7. The molecule has 0 fully saturated rings. The largest absolute Gasteiger partial charge is 0.497 e. The summed E-state index contributed by atoms with van der Waals surface area (Å²) in [5.41, 5.74) is 7.28. The Kier molecular flexibility index (Phi) is 5.70. The van der Waals surface area contributed by atoms with Gasteiger partial charge in [0.05, 0.1) is 24.1 Å². The van der Waals surface area contributed by atoms with Gasteiger partial charge in [0.2, 0.25) is 5.91 Å². The van der Waals surface area contributed by atoms with Gasteiger partial charge in [-0.1, -0.05) is 48.2 Å². The van der Waals surface area contributed by atoms with Crippen molar-refractivity contribution >= 4 is 60.8 Å². The van der Waals surface area contributed by atoms with Crippen LogP contribution in [0.3, 0.4) is 0 Å². The zero-order valence-electron chi connectivity index (χ0n) is 20.5. The molecule has 0 spiro atoms. The molecule has 1 aliphatic rings. The predicted octanol–water partition coefficient (Wildman–Crippen LogP) is 5.78. The van der Waals surface area contributed by atoms with E-state index in [1.807, 2.05) is 28.7 Å². The van der Waals surface area contributed by atoms with Gasteiger partial charge in [0.15, 0.2) is 10.8 Å². The number of amides is 1. The molecule has 0 unspecified atom stereocenters. The summed E-state index contributed by atoms with van der Waals surface area (Å²) in [6, 6.07) is 17.7. The van der Waals surface area contributed by atoms with E-state index in [-0.39, 0.29) is 11.7 Å². The number of carbonyl (C=O) groups is 1. The molecule has 10 heteroatoms. The van der Waals surface area contributed by atoms with Crippen molar-refractivity contribution in [1.82, 2.24) is 24.6 Å². The Hall–Kier alpha value is -4.02. The Morgan fingerprint density at radius 2 is 1.97 bits per heavy atom. The van der Waals surface area contributed by atoms with Crippen LogP contribution < -0.4 is 10.1 Å². The lowest BCUT2D eigenvalue weighted by atomic mass is 10.0. The van der Waals surface area contributed by atoms with E-state index in [2.05, 4.69) is 39.8 Å². The standard InChI is InChI=1S/C28H22N6O2S2/c1-36-18-10-5-9-17(13-18)30-21(35)14-37-28-33-32-26-25-24(29-15-34(26)28)22-19-11-6-12-20(19)23(31-27(22)38-25)16-7-3-2-4-8-16/h2-5,7-10,13,15H,6,11-12,14H2,1H3,(H,30,35). The number of hydrogen-bond donors (Lipinski definition) is 1. The number of thioether (sulfide) groups is 1. The summed E-state index contributed by atoms with van der Waals surface area (Å²) in [6.45, 7) is 0. The van der Waals surface area contributed by atoms with E-state index in [1.165, 1.54) is 22.9 Å². The second-order valence-electron chi connectivity index (χ2n) is 9.09. The molecule has 0 saturated heterocycles. The van der Waals surface area contributed by atoms with E-state index in [4.69, 9.17) is 14.7 Å². The Morgan fingerprint density at radius 3 is 2.84 bits per heavy atom. The summed E-state index contributed by atoms with van der Waals surface area (Å²) in [5, 5.41) is 13.5. The maximum absolute atomic E-state index is 12.6. The first-order valence-electron chi connectivity index (χ1n) is 12.3. The van der Waals surface area contributed by atoms with Gasteiger partial charge in [-0.05, 0) is 42.5 Å². The molecule has 1 amide bonds. The van der Waals surface area contributed by atoms with Crippen molar-refractivity contribution in [2.24, 2.45) is 0 Å². The number of nitrogens with one attached hydrogen (secondary N) is 1. The highest BCUT2D eigenvalue weighted by molar-refractivity contribution is 7.99. The van der Waals surface area contributed by atoms with Crippen LogP contribution in [-0.2, 0) is 17.6 Å². The van der Waals surface area contributed by atoms with Crippen molar-refractivity contribution in [1.29, 1.82) is 0 Å². The minimum absolute atomic E-state index is 0.135. The molecule has 0 saturated carbocycles. The van der Waals surface area contributed by atoms with Gasteiger partial charge in [0, 0.05) is 22.7 Å². The molecule has 8 nitrogen and oxygen atoms in total. The van der Waals surface area contributed by atoms with E-state index in [0.717, 1.165) is 56.6 Å². The van der Waals surface area contributed by atoms with Crippen LogP contribution in [0.4, 0.5) is 5.69 Å². The third-order valence-corrected chi connectivity index (χ3v) is 8.80. The van der Waals surface area contributed by atoms with Crippen LogP contribution in [0, 0.1) is 0 Å². The molecule has 0 atom stereocenters. The first kappa shape index (κ1) is 23.1. The first-order valence-corrected chi connectivity index (χ1v) is 14.1. The molecular weight excluding hydrogens is 516 g/mol. The average molecular weight is 539 g/mol. The van der Waals surface area contributed by atoms with Crippen LogP contribution in [0.2, 0.25) is 0 Å². The number of methoxy groups -OCH3 is 1. The predicted molar refractivity (Wildman–Crippen MR) is 151 cm³/mol. The van der Waals surface area contributed by atoms with Gasteiger partial charge in [-0.3, -0.25) is 9.20 Å². The van der Waals surface area contributed by atoms with Crippen LogP contribution in [0.25, 0.3) is 37.3 Å². The third kappa shape index (κ3) is 3.88. The maximum atomic E-state index is 12.6. The van der Waals surface area contributed by atoms with Crippen molar-refractivity contribution in [3.05, 3.63) is 72.1 Å². The lowest BCUT2D eigenvalue weighted by Crippen LogP contribution is -2.14.